The highest BCUT2D eigenvalue weighted by atomic mass is 79.9. The van der Waals surface area contributed by atoms with E-state index in [1.54, 1.807) is 12.1 Å². The molecular weight excluding hydrogens is 302 g/mol. The van der Waals surface area contributed by atoms with Crippen molar-refractivity contribution in [1.82, 2.24) is 5.32 Å². The lowest BCUT2D eigenvalue weighted by molar-refractivity contribution is 0.475. The Morgan fingerprint density at radius 1 is 1.05 bits per heavy atom. The van der Waals surface area contributed by atoms with Crippen LogP contribution in [0.15, 0.2) is 46.9 Å². The van der Waals surface area contributed by atoms with Crippen LogP contribution in [0.3, 0.4) is 0 Å². The van der Waals surface area contributed by atoms with Gasteiger partial charge in [0.2, 0.25) is 0 Å². The predicted molar refractivity (Wildman–Crippen MR) is 82.4 cm³/mol. The van der Waals surface area contributed by atoms with E-state index in [0.29, 0.717) is 5.75 Å². The molecule has 0 saturated carbocycles. The summed E-state index contributed by atoms with van der Waals surface area (Å²) in [6.07, 6.45) is 0.968. The molecule has 0 aromatic heterocycles. The second-order valence-corrected chi connectivity index (χ2v) is 5.53. The molecule has 0 fully saturated rings. The molecular formula is C16H18BrNO. The molecule has 3 heteroatoms. The van der Waals surface area contributed by atoms with E-state index >= 15 is 0 Å². The molecule has 100 valence electrons. The molecule has 0 amide bonds. The Bertz CT molecular complexity index is 537. The van der Waals surface area contributed by atoms with Gasteiger partial charge in [0.15, 0.2) is 0 Å². The van der Waals surface area contributed by atoms with Crippen LogP contribution in [0.2, 0.25) is 0 Å². The number of hydrogen-bond acceptors (Lipinski definition) is 2. The van der Waals surface area contributed by atoms with Crippen LogP contribution in [0.25, 0.3) is 0 Å². The van der Waals surface area contributed by atoms with Crippen molar-refractivity contribution in [2.24, 2.45) is 0 Å². The van der Waals surface area contributed by atoms with Crippen LogP contribution >= 0.6 is 15.9 Å². The van der Waals surface area contributed by atoms with Crippen molar-refractivity contribution in [1.29, 1.82) is 0 Å². The molecule has 2 nitrogen and oxygen atoms in total. The average Bonchev–Trinajstić information content (AvgIpc) is 2.41. The Kier molecular flexibility index (Phi) is 5.00. The van der Waals surface area contributed by atoms with Gasteiger partial charge in [0.1, 0.15) is 5.75 Å². The standard InChI is InChI=1S/C16H18BrNO/c1-12-10-14(4-7-16(12)17)11-18-9-8-13-2-5-15(19)6-3-13/h2-7,10,18-19H,8-9,11H2,1H3. The molecule has 2 aromatic rings. The van der Waals surface area contributed by atoms with Crippen molar-refractivity contribution in [2.45, 2.75) is 19.9 Å². The molecule has 0 saturated heterocycles. The minimum atomic E-state index is 0.321. The number of hydrogen-bond donors (Lipinski definition) is 2. The van der Waals surface area contributed by atoms with E-state index in [1.165, 1.54) is 16.7 Å². The van der Waals surface area contributed by atoms with Crippen molar-refractivity contribution < 1.29 is 5.11 Å². The fourth-order valence-electron chi connectivity index (χ4n) is 1.94. The third kappa shape index (κ3) is 4.37. The van der Waals surface area contributed by atoms with Gasteiger partial charge in [0.25, 0.3) is 0 Å². The minimum absolute atomic E-state index is 0.321. The molecule has 19 heavy (non-hydrogen) atoms. The van der Waals surface area contributed by atoms with Crippen LogP contribution in [-0.4, -0.2) is 11.7 Å². The molecule has 0 aliphatic carbocycles. The zero-order valence-corrected chi connectivity index (χ0v) is 12.6. The van der Waals surface area contributed by atoms with Crippen molar-refractivity contribution >= 4 is 15.9 Å². The van der Waals surface area contributed by atoms with Gasteiger partial charge < -0.3 is 10.4 Å². The first-order chi connectivity index (χ1) is 9.15. The summed E-state index contributed by atoms with van der Waals surface area (Å²) in [6, 6.07) is 13.8. The van der Waals surface area contributed by atoms with Gasteiger partial charge in [0, 0.05) is 11.0 Å². The molecule has 2 rings (SSSR count). The van der Waals surface area contributed by atoms with Crippen molar-refractivity contribution in [3.63, 3.8) is 0 Å². The van der Waals surface area contributed by atoms with E-state index in [4.69, 9.17) is 0 Å². The fourth-order valence-corrected chi connectivity index (χ4v) is 2.19. The normalized spacial score (nSPS) is 10.6. The minimum Gasteiger partial charge on any atom is -0.508 e. The molecule has 0 aliphatic rings. The fraction of sp³-hybridized carbons (Fsp3) is 0.250. The Balaban J connectivity index is 1.77. The van der Waals surface area contributed by atoms with Crippen molar-refractivity contribution in [3.8, 4) is 5.75 Å². The van der Waals surface area contributed by atoms with Crippen LogP contribution < -0.4 is 5.32 Å². The Morgan fingerprint density at radius 2 is 1.74 bits per heavy atom. The first kappa shape index (κ1) is 14.1. The summed E-state index contributed by atoms with van der Waals surface area (Å²) >= 11 is 3.51. The van der Waals surface area contributed by atoms with Crippen LogP contribution in [0.1, 0.15) is 16.7 Å². The van der Waals surface area contributed by atoms with Crippen LogP contribution in [-0.2, 0) is 13.0 Å². The van der Waals surface area contributed by atoms with Crippen molar-refractivity contribution in [2.75, 3.05) is 6.54 Å². The highest BCUT2D eigenvalue weighted by Crippen LogP contribution is 2.17. The summed E-state index contributed by atoms with van der Waals surface area (Å²) in [5.74, 6) is 0.321. The summed E-state index contributed by atoms with van der Waals surface area (Å²) in [6.45, 7) is 3.91. The van der Waals surface area contributed by atoms with Gasteiger partial charge in [-0.3, -0.25) is 0 Å². The van der Waals surface area contributed by atoms with E-state index in [-0.39, 0.29) is 0 Å². The number of benzene rings is 2. The topological polar surface area (TPSA) is 32.3 Å². The quantitative estimate of drug-likeness (QED) is 0.822. The second-order valence-electron chi connectivity index (χ2n) is 4.68. The number of rotatable bonds is 5. The molecule has 2 N–H and O–H groups in total. The molecule has 0 bridgehead atoms. The summed E-state index contributed by atoms with van der Waals surface area (Å²) in [7, 11) is 0. The van der Waals surface area contributed by atoms with Gasteiger partial charge in [-0.2, -0.15) is 0 Å². The Morgan fingerprint density at radius 3 is 2.42 bits per heavy atom. The van der Waals surface area contributed by atoms with Crippen molar-refractivity contribution in [3.05, 3.63) is 63.6 Å². The average molecular weight is 320 g/mol. The summed E-state index contributed by atoms with van der Waals surface area (Å²) in [5.41, 5.74) is 3.79. The van der Waals surface area contributed by atoms with E-state index < -0.39 is 0 Å². The molecule has 0 unspecified atom stereocenters. The molecule has 0 atom stereocenters. The zero-order chi connectivity index (χ0) is 13.7. The SMILES string of the molecule is Cc1cc(CNCCc2ccc(O)cc2)ccc1Br. The van der Waals surface area contributed by atoms with Crippen LogP contribution in [0.5, 0.6) is 5.75 Å². The smallest absolute Gasteiger partial charge is 0.115 e. The summed E-state index contributed by atoms with van der Waals surface area (Å²) in [5, 5.41) is 12.6. The largest absolute Gasteiger partial charge is 0.508 e. The molecule has 0 heterocycles. The molecule has 0 radical (unpaired) electrons. The molecule has 2 aromatic carbocycles. The number of nitrogens with one attached hydrogen (secondary N) is 1. The number of aromatic hydroxyl groups is 1. The van der Waals surface area contributed by atoms with E-state index in [1.807, 2.05) is 12.1 Å². The first-order valence-electron chi connectivity index (χ1n) is 6.39. The lowest BCUT2D eigenvalue weighted by Crippen LogP contribution is -2.16. The number of phenols is 1. The third-order valence-electron chi connectivity index (χ3n) is 3.08. The Labute approximate surface area is 122 Å². The van der Waals surface area contributed by atoms with Crippen LogP contribution in [0.4, 0.5) is 0 Å². The molecule has 0 aliphatic heterocycles. The third-order valence-corrected chi connectivity index (χ3v) is 3.97. The number of halogens is 1. The van der Waals surface area contributed by atoms with Gasteiger partial charge in [-0.1, -0.05) is 40.2 Å². The number of aryl methyl sites for hydroxylation is 1. The van der Waals surface area contributed by atoms with Gasteiger partial charge >= 0.3 is 0 Å². The highest BCUT2D eigenvalue weighted by Gasteiger charge is 1.98. The highest BCUT2D eigenvalue weighted by molar-refractivity contribution is 9.10. The van der Waals surface area contributed by atoms with E-state index in [0.717, 1.165) is 24.0 Å². The lowest BCUT2D eigenvalue weighted by Gasteiger charge is -2.07. The van der Waals surface area contributed by atoms with Gasteiger partial charge in [-0.25, -0.2) is 0 Å². The summed E-state index contributed by atoms with van der Waals surface area (Å²) in [4.78, 5) is 0. The molecule has 0 spiro atoms. The predicted octanol–water partition coefficient (Wildman–Crippen LogP) is 3.80. The maximum Gasteiger partial charge on any atom is 0.115 e. The van der Waals surface area contributed by atoms with E-state index in [2.05, 4.69) is 46.4 Å². The first-order valence-corrected chi connectivity index (χ1v) is 7.18. The summed E-state index contributed by atoms with van der Waals surface area (Å²) < 4.78 is 1.15. The van der Waals surface area contributed by atoms with Gasteiger partial charge in [-0.15, -0.1) is 0 Å². The monoisotopic (exact) mass is 319 g/mol. The lowest BCUT2D eigenvalue weighted by atomic mass is 10.1. The maximum absolute atomic E-state index is 9.21. The Hall–Kier alpha value is -1.32. The zero-order valence-electron chi connectivity index (χ0n) is 11.0. The maximum atomic E-state index is 9.21. The van der Waals surface area contributed by atoms with Gasteiger partial charge in [-0.05, 0) is 54.8 Å². The van der Waals surface area contributed by atoms with Gasteiger partial charge in [0.05, 0.1) is 0 Å². The van der Waals surface area contributed by atoms with E-state index in [9.17, 15) is 5.11 Å². The number of phenolic OH excluding ortho intramolecular Hbond substituents is 1. The van der Waals surface area contributed by atoms with Crippen LogP contribution in [0, 0.1) is 6.92 Å². The second kappa shape index (κ2) is 6.73.